The Morgan fingerprint density at radius 1 is 1.00 bits per heavy atom. The molecule has 1 amide bonds. The number of carbonyl (C=O) groups is 1. The summed E-state index contributed by atoms with van der Waals surface area (Å²) in [6, 6.07) is 18.9. The highest BCUT2D eigenvalue weighted by molar-refractivity contribution is 6.33. The van der Waals surface area contributed by atoms with Crippen molar-refractivity contribution >= 4 is 40.2 Å². The molecule has 3 aromatic carbocycles. The van der Waals surface area contributed by atoms with Crippen molar-refractivity contribution in [1.82, 2.24) is 9.97 Å². The number of aromatic nitrogens is 2. The minimum atomic E-state index is -1.22. The van der Waals surface area contributed by atoms with Gasteiger partial charge in [-0.15, -0.1) is 0 Å². The van der Waals surface area contributed by atoms with E-state index < -0.39 is 6.09 Å². The summed E-state index contributed by atoms with van der Waals surface area (Å²) >= 11 is 6.39. The van der Waals surface area contributed by atoms with Gasteiger partial charge in [0.05, 0.1) is 5.52 Å². The molecule has 0 aliphatic heterocycles. The highest BCUT2D eigenvalue weighted by Crippen LogP contribution is 2.36. The molecule has 0 aliphatic carbocycles. The topological polar surface area (TPSA) is 101 Å². The Kier molecular flexibility index (Phi) is 4.55. The van der Waals surface area contributed by atoms with Crippen LogP contribution in [0.3, 0.4) is 0 Å². The van der Waals surface area contributed by atoms with Crippen LogP contribution >= 0.6 is 11.6 Å². The van der Waals surface area contributed by atoms with Crippen molar-refractivity contribution in [1.29, 1.82) is 0 Å². The van der Waals surface area contributed by atoms with Gasteiger partial charge in [-0.1, -0.05) is 41.9 Å². The molecule has 0 saturated heterocycles. The number of benzene rings is 3. The molecule has 0 radical (unpaired) electrons. The van der Waals surface area contributed by atoms with Gasteiger partial charge in [-0.3, -0.25) is 5.32 Å². The van der Waals surface area contributed by atoms with Crippen LogP contribution in [0.2, 0.25) is 5.02 Å². The first-order chi connectivity index (χ1) is 13.5. The van der Waals surface area contributed by atoms with Gasteiger partial charge in [-0.25, -0.2) is 14.8 Å². The maximum atomic E-state index is 11.0. The summed E-state index contributed by atoms with van der Waals surface area (Å²) in [4.78, 5) is 19.5. The highest BCUT2D eigenvalue weighted by Gasteiger charge is 2.13. The molecule has 0 bridgehead atoms. The van der Waals surface area contributed by atoms with Crippen LogP contribution in [0, 0.1) is 0 Å². The molecule has 0 unspecified atom stereocenters. The van der Waals surface area contributed by atoms with Crippen molar-refractivity contribution in [3.63, 3.8) is 0 Å². The number of hydrogen-bond donors (Lipinski definition) is 3. The molecule has 6 nitrogen and oxygen atoms in total. The van der Waals surface area contributed by atoms with E-state index in [2.05, 4.69) is 15.3 Å². The van der Waals surface area contributed by atoms with Crippen LogP contribution in [0.5, 0.6) is 0 Å². The van der Waals surface area contributed by atoms with Gasteiger partial charge in [0.15, 0.2) is 0 Å². The van der Waals surface area contributed by atoms with Gasteiger partial charge < -0.3 is 10.8 Å². The number of hydrogen-bond acceptors (Lipinski definition) is 4. The molecule has 4 N–H and O–H groups in total. The summed E-state index contributed by atoms with van der Waals surface area (Å²) in [6.07, 6.45) is 0.363. The maximum absolute atomic E-state index is 11.0. The van der Waals surface area contributed by atoms with Crippen LogP contribution in [0.4, 0.5) is 16.4 Å². The van der Waals surface area contributed by atoms with Crippen LogP contribution in [-0.4, -0.2) is 21.2 Å². The first kappa shape index (κ1) is 17.8. The van der Waals surface area contributed by atoms with Gasteiger partial charge in [-0.05, 0) is 41.5 Å². The Morgan fingerprint density at radius 2 is 1.82 bits per heavy atom. The van der Waals surface area contributed by atoms with Crippen LogP contribution in [0.15, 0.2) is 66.9 Å². The van der Waals surface area contributed by atoms with Crippen LogP contribution in [0.1, 0.15) is 0 Å². The van der Waals surface area contributed by atoms with E-state index in [1.165, 1.54) is 0 Å². The Hall–Kier alpha value is -3.64. The van der Waals surface area contributed by atoms with Crippen LogP contribution in [0.25, 0.3) is 33.2 Å². The zero-order valence-electron chi connectivity index (χ0n) is 14.6. The van der Waals surface area contributed by atoms with Gasteiger partial charge in [0.2, 0.25) is 5.95 Å². The molecule has 0 fully saturated rings. The van der Waals surface area contributed by atoms with Crippen molar-refractivity contribution < 1.29 is 9.90 Å². The molecule has 0 atom stereocenters. The summed E-state index contributed by atoms with van der Waals surface area (Å²) in [6.45, 7) is 0. The Balaban J connectivity index is 2.00. The zero-order valence-corrected chi connectivity index (χ0v) is 15.3. The fraction of sp³-hybridized carbons (Fsp3) is 0. The molecule has 0 spiro atoms. The number of nitrogens with one attached hydrogen (secondary N) is 1. The van der Waals surface area contributed by atoms with E-state index in [4.69, 9.17) is 22.4 Å². The molecule has 1 heterocycles. The largest absolute Gasteiger partial charge is 0.465 e. The SMILES string of the molecule is Nc1cccc(-c2cc(-c3ccccc3Cl)cc3cnc(NC(=O)O)nc23)c1. The molecule has 4 aromatic rings. The van der Waals surface area contributed by atoms with E-state index in [0.29, 0.717) is 16.2 Å². The molecular formula is C21H15ClN4O2. The molecule has 28 heavy (non-hydrogen) atoms. The van der Waals surface area contributed by atoms with Crippen molar-refractivity contribution in [3.8, 4) is 22.3 Å². The van der Waals surface area contributed by atoms with Gasteiger partial charge in [-0.2, -0.15) is 0 Å². The number of carboxylic acid groups (broad SMARTS) is 1. The number of halogens is 1. The summed E-state index contributed by atoms with van der Waals surface area (Å²) in [7, 11) is 0. The summed E-state index contributed by atoms with van der Waals surface area (Å²) < 4.78 is 0. The number of amides is 1. The maximum Gasteiger partial charge on any atom is 0.411 e. The third-order valence-electron chi connectivity index (χ3n) is 4.28. The van der Waals surface area contributed by atoms with Gasteiger partial charge >= 0.3 is 6.09 Å². The predicted octanol–water partition coefficient (Wildman–Crippen LogP) is 5.29. The Morgan fingerprint density at radius 3 is 2.57 bits per heavy atom. The number of anilines is 2. The number of nitrogens with zero attached hydrogens (tertiary/aromatic N) is 2. The van der Waals surface area contributed by atoms with Crippen LogP contribution < -0.4 is 11.1 Å². The van der Waals surface area contributed by atoms with Crippen LogP contribution in [-0.2, 0) is 0 Å². The standard InChI is InChI=1S/C21H15ClN4O2/c22-18-7-2-1-6-16(18)13-8-14-11-24-20(26-21(27)28)25-19(14)17(10-13)12-4-3-5-15(23)9-12/h1-11H,23H2,(H,27,28)(H,24,25,26). The minimum absolute atomic E-state index is 0.00986. The molecule has 0 saturated carbocycles. The van der Waals surface area contributed by atoms with E-state index in [-0.39, 0.29) is 5.95 Å². The third kappa shape index (κ3) is 3.45. The van der Waals surface area contributed by atoms with Crippen molar-refractivity contribution in [3.05, 3.63) is 71.9 Å². The van der Waals surface area contributed by atoms with Crippen molar-refractivity contribution in [2.75, 3.05) is 11.1 Å². The monoisotopic (exact) mass is 390 g/mol. The average Bonchev–Trinajstić information content (AvgIpc) is 2.67. The molecule has 1 aromatic heterocycles. The zero-order chi connectivity index (χ0) is 19.7. The lowest BCUT2D eigenvalue weighted by atomic mass is 9.96. The molecule has 7 heteroatoms. The van der Waals surface area contributed by atoms with E-state index in [9.17, 15) is 4.79 Å². The quantitative estimate of drug-likeness (QED) is 0.412. The molecule has 138 valence electrons. The molecule has 0 aliphatic rings. The second-order valence-corrected chi connectivity index (χ2v) is 6.60. The summed E-state index contributed by atoms with van der Waals surface area (Å²) in [5.74, 6) is 0.00986. The summed E-state index contributed by atoms with van der Waals surface area (Å²) in [5, 5.41) is 12.5. The number of nitrogen functional groups attached to an aromatic ring is 1. The second kappa shape index (κ2) is 7.17. The first-order valence-electron chi connectivity index (χ1n) is 8.43. The lowest BCUT2D eigenvalue weighted by molar-refractivity contribution is 0.209. The number of rotatable bonds is 3. The third-order valence-corrected chi connectivity index (χ3v) is 4.61. The van der Waals surface area contributed by atoms with Crippen molar-refractivity contribution in [2.45, 2.75) is 0 Å². The van der Waals surface area contributed by atoms with Gasteiger partial charge in [0.25, 0.3) is 0 Å². The minimum Gasteiger partial charge on any atom is -0.465 e. The van der Waals surface area contributed by atoms with E-state index >= 15 is 0 Å². The Bertz CT molecular complexity index is 1210. The first-order valence-corrected chi connectivity index (χ1v) is 8.80. The van der Waals surface area contributed by atoms with E-state index in [1.807, 2.05) is 54.6 Å². The molecular weight excluding hydrogens is 376 g/mol. The number of nitrogens with two attached hydrogens (primary N) is 1. The van der Waals surface area contributed by atoms with Crippen molar-refractivity contribution in [2.24, 2.45) is 0 Å². The second-order valence-electron chi connectivity index (χ2n) is 6.19. The highest BCUT2D eigenvalue weighted by atomic mass is 35.5. The Labute approximate surface area is 165 Å². The predicted molar refractivity (Wildman–Crippen MR) is 111 cm³/mol. The normalized spacial score (nSPS) is 10.8. The van der Waals surface area contributed by atoms with Gasteiger partial charge in [0, 0.05) is 33.4 Å². The molecule has 4 rings (SSSR count). The fourth-order valence-corrected chi connectivity index (χ4v) is 3.32. The lowest BCUT2D eigenvalue weighted by Gasteiger charge is -2.12. The lowest BCUT2D eigenvalue weighted by Crippen LogP contribution is -2.10. The van der Waals surface area contributed by atoms with Gasteiger partial charge in [0.1, 0.15) is 0 Å². The van der Waals surface area contributed by atoms with E-state index in [1.54, 1.807) is 12.3 Å². The summed E-state index contributed by atoms with van der Waals surface area (Å²) in [5.41, 5.74) is 10.6. The fourth-order valence-electron chi connectivity index (χ4n) is 3.08. The van der Waals surface area contributed by atoms with E-state index in [0.717, 1.165) is 27.6 Å². The number of fused-ring (bicyclic) bond motifs is 1. The average molecular weight is 391 g/mol. The smallest absolute Gasteiger partial charge is 0.411 e.